The van der Waals surface area contributed by atoms with Crippen LogP contribution in [0.3, 0.4) is 0 Å². The van der Waals surface area contributed by atoms with Crippen molar-refractivity contribution in [3.8, 4) is 0 Å². The Balaban J connectivity index is 1.33. The highest BCUT2D eigenvalue weighted by Gasteiger charge is 2.40. The first-order valence-electron chi connectivity index (χ1n) is 13.2. The fourth-order valence-electron chi connectivity index (χ4n) is 6.58. The van der Waals surface area contributed by atoms with Gasteiger partial charge in [-0.1, -0.05) is 60.7 Å². The zero-order valence-electron chi connectivity index (χ0n) is 21.0. The first-order chi connectivity index (χ1) is 18.0. The van der Waals surface area contributed by atoms with Crippen molar-refractivity contribution in [3.05, 3.63) is 96.1 Å². The van der Waals surface area contributed by atoms with Crippen molar-refractivity contribution < 1.29 is 8.42 Å². The molecule has 5 nitrogen and oxygen atoms in total. The van der Waals surface area contributed by atoms with Crippen molar-refractivity contribution in [1.82, 2.24) is 9.21 Å². The molecule has 3 unspecified atom stereocenters. The largest absolute Gasteiger partial charge is 0.378 e. The van der Waals surface area contributed by atoms with Crippen LogP contribution in [0.4, 0.5) is 5.69 Å². The molecule has 4 aromatic rings. The molecule has 2 heterocycles. The number of nitrogens with one attached hydrogen (secondary N) is 1. The van der Waals surface area contributed by atoms with Crippen molar-refractivity contribution in [3.63, 3.8) is 0 Å². The van der Waals surface area contributed by atoms with E-state index < -0.39 is 10.0 Å². The van der Waals surface area contributed by atoms with Crippen LogP contribution in [0.25, 0.3) is 21.5 Å². The summed E-state index contributed by atoms with van der Waals surface area (Å²) in [6.07, 6.45) is 5.53. The van der Waals surface area contributed by atoms with Gasteiger partial charge in [-0.3, -0.25) is 0 Å². The molecular weight excluding hydrogens is 478 g/mol. The number of hydrogen-bond acceptors (Lipinski definition) is 4. The third kappa shape index (κ3) is 3.69. The van der Waals surface area contributed by atoms with Crippen LogP contribution in [-0.2, 0) is 10.0 Å². The molecule has 0 radical (unpaired) electrons. The molecule has 0 aromatic heterocycles. The van der Waals surface area contributed by atoms with Crippen molar-refractivity contribution in [1.29, 1.82) is 0 Å². The fourth-order valence-corrected chi connectivity index (χ4v) is 8.04. The van der Waals surface area contributed by atoms with Crippen molar-refractivity contribution in [2.75, 3.05) is 38.5 Å². The third-order valence-corrected chi connectivity index (χ3v) is 10.5. The Bertz CT molecular complexity index is 1600. The molecule has 1 N–H and O–H groups in total. The quantitative estimate of drug-likeness (QED) is 0.282. The average molecular weight is 510 g/mol. The SMILES string of the molecule is CN1CCN(S(=O)(=O)c2ccc3c(c2)C2C=CCC2C(c2c4ccccc4cc4ccccc24)N3)CC1. The molecule has 3 aliphatic rings. The Labute approximate surface area is 218 Å². The van der Waals surface area contributed by atoms with E-state index in [9.17, 15) is 8.42 Å². The summed E-state index contributed by atoms with van der Waals surface area (Å²) in [6.45, 7) is 2.60. The molecule has 1 saturated heterocycles. The van der Waals surface area contributed by atoms with E-state index in [1.54, 1.807) is 10.4 Å². The standard InChI is InChI=1S/C31H31N3O2S/c1-33-15-17-34(18-16-33)37(35,36)23-13-14-29-28(20-23)26-11-6-12-27(26)31(32-29)30-24-9-4-2-7-21(24)19-22-8-3-5-10-25(22)30/h2-11,13-14,19-20,26-27,31-32H,12,15-18H2,1H3. The normalized spacial score (nSPS) is 24.2. The predicted molar refractivity (Wildman–Crippen MR) is 151 cm³/mol. The van der Waals surface area contributed by atoms with Crippen LogP contribution in [0.2, 0.25) is 0 Å². The van der Waals surface area contributed by atoms with Gasteiger partial charge in [-0.05, 0) is 76.3 Å². The number of allylic oxidation sites excluding steroid dienone is 2. The molecule has 1 fully saturated rings. The third-order valence-electron chi connectivity index (χ3n) is 8.56. The number of piperazine rings is 1. The number of anilines is 1. The van der Waals surface area contributed by atoms with Gasteiger partial charge in [-0.2, -0.15) is 4.31 Å². The molecule has 0 amide bonds. The van der Waals surface area contributed by atoms with E-state index in [4.69, 9.17) is 0 Å². The molecule has 0 saturated carbocycles. The number of hydrogen-bond donors (Lipinski definition) is 1. The molecular formula is C31H31N3O2S. The lowest BCUT2D eigenvalue weighted by Gasteiger charge is -2.39. The summed E-state index contributed by atoms with van der Waals surface area (Å²) in [6, 6.07) is 25.4. The molecule has 7 rings (SSSR count). The Morgan fingerprint density at radius 1 is 0.838 bits per heavy atom. The molecule has 37 heavy (non-hydrogen) atoms. The molecule has 6 heteroatoms. The van der Waals surface area contributed by atoms with Gasteiger partial charge in [0.15, 0.2) is 0 Å². The minimum absolute atomic E-state index is 0.128. The van der Waals surface area contributed by atoms with Gasteiger partial charge in [-0.25, -0.2) is 8.42 Å². The highest BCUT2D eigenvalue weighted by molar-refractivity contribution is 7.89. The fraction of sp³-hybridized carbons (Fsp3) is 0.290. The van der Waals surface area contributed by atoms with E-state index in [2.05, 4.69) is 77.0 Å². The van der Waals surface area contributed by atoms with Gasteiger partial charge in [0.25, 0.3) is 0 Å². The Hall–Kier alpha value is -3.19. The van der Waals surface area contributed by atoms with Gasteiger partial charge in [0, 0.05) is 37.8 Å². The van der Waals surface area contributed by atoms with Crippen LogP contribution in [0, 0.1) is 5.92 Å². The first kappa shape index (κ1) is 23.0. The van der Waals surface area contributed by atoms with Gasteiger partial charge >= 0.3 is 0 Å². The maximum absolute atomic E-state index is 13.5. The van der Waals surface area contributed by atoms with Gasteiger partial charge in [0.1, 0.15) is 0 Å². The number of sulfonamides is 1. The van der Waals surface area contributed by atoms with E-state index in [0.29, 0.717) is 23.9 Å². The molecule has 0 spiro atoms. The summed E-state index contributed by atoms with van der Waals surface area (Å²) < 4.78 is 28.7. The summed E-state index contributed by atoms with van der Waals surface area (Å²) in [4.78, 5) is 2.58. The van der Waals surface area contributed by atoms with Crippen molar-refractivity contribution >= 4 is 37.3 Å². The molecule has 188 valence electrons. The zero-order chi connectivity index (χ0) is 25.1. The Kier molecular flexibility index (Phi) is 5.39. The van der Waals surface area contributed by atoms with Crippen LogP contribution in [0.5, 0.6) is 0 Å². The zero-order valence-corrected chi connectivity index (χ0v) is 21.8. The molecule has 2 aliphatic heterocycles. The summed E-state index contributed by atoms with van der Waals surface area (Å²) in [7, 11) is -1.48. The monoisotopic (exact) mass is 509 g/mol. The van der Waals surface area contributed by atoms with E-state index in [0.717, 1.165) is 30.8 Å². The summed E-state index contributed by atoms with van der Waals surface area (Å²) in [5.74, 6) is 0.505. The van der Waals surface area contributed by atoms with E-state index in [1.165, 1.54) is 27.1 Å². The van der Waals surface area contributed by atoms with Crippen LogP contribution in [0.1, 0.15) is 29.5 Å². The average Bonchev–Trinajstić information content (AvgIpc) is 3.42. The van der Waals surface area contributed by atoms with Gasteiger partial charge in [0.05, 0.1) is 10.9 Å². The van der Waals surface area contributed by atoms with Crippen LogP contribution < -0.4 is 5.32 Å². The Morgan fingerprint density at radius 3 is 2.22 bits per heavy atom. The number of rotatable bonds is 3. The van der Waals surface area contributed by atoms with Gasteiger partial charge in [0.2, 0.25) is 10.0 Å². The van der Waals surface area contributed by atoms with Crippen LogP contribution in [0.15, 0.2) is 89.8 Å². The number of nitrogens with zero attached hydrogens (tertiary/aromatic N) is 2. The highest BCUT2D eigenvalue weighted by Crippen LogP contribution is 2.52. The number of benzene rings is 4. The van der Waals surface area contributed by atoms with E-state index >= 15 is 0 Å². The second kappa shape index (κ2) is 8.69. The maximum Gasteiger partial charge on any atom is 0.243 e. The summed E-state index contributed by atoms with van der Waals surface area (Å²) in [5.41, 5.74) is 3.47. The van der Waals surface area contributed by atoms with Gasteiger partial charge < -0.3 is 10.2 Å². The van der Waals surface area contributed by atoms with Crippen molar-refractivity contribution in [2.24, 2.45) is 5.92 Å². The molecule has 0 bridgehead atoms. The summed E-state index contributed by atoms with van der Waals surface area (Å²) >= 11 is 0. The second-order valence-corrected chi connectivity index (χ2v) is 12.6. The van der Waals surface area contributed by atoms with Gasteiger partial charge in [-0.15, -0.1) is 0 Å². The van der Waals surface area contributed by atoms with Crippen LogP contribution >= 0.6 is 0 Å². The lowest BCUT2D eigenvalue weighted by Crippen LogP contribution is -2.47. The molecule has 4 aromatic carbocycles. The number of likely N-dealkylation sites (N-methyl/N-ethyl adjacent to an activating group) is 1. The van der Waals surface area contributed by atoms with Crippen molar-refractivity contribution in [2.45, 2.75) is 23.3 Å². The number of fused-ring (bicyclic) bond motifs is 5. The topological polar surface area (TPSA) is 52.7 Å². The van der Waals surface area contributed by atoms with E-state index in [-0.39, 0.29) is 12.0 Å². The predicted octanol–water partition coefficient (Wildman–Crippen LogP) is 5.76. The summed E-state index contributed by atoms with van der Waals surface area (Å²) in [5, 5.41) is 8.94. The maximum atomic E-state index is 13.5. The minimum atomic E-state index is -3.52. The Morgan fingerprint density at radius 2 is 1.51 bits per heavy atom. The molecule has 3 atom stereocenters. The van der Waals surface area contributed by atoms with Crippen LogP contribution in [-0.4, -0.2) is 50.8 Å². The first-order valence-corrected chi connectivity index (χ1v) is 14.6. The lowest BCUT2D eigenvalue weighted by molar-refractivity contribution is 0.222. The smallest absolute Gasteiger partial charge is 0.243 e. The highest BCUT2D eigenvalue weighted by atomic mass is 32.2. The lowest BCUT2D eigenvalue weighted by atomic mass is 9.75. The second-order valence-electron chi connectivity index (χ2n) is 10.7. The minimum Gasteiger partial charge on any atom is -0.378 e. The molecule has 1 aliphatic carbocycles. The van der Waals surface area contributed by atoms with E-state index in [1.807, 2.05) is 19.2 Å².